The Bertz CT molecular complexity index is 1190. The fraction of sp³-hybridized carbons (Fsp3) is 0.364. The number of carboxylic acid groups (broad SMARTS) is 1. The van der Waals surface area contributed by atoms with Crippen LogP contribution in [-0.4, -0.2) is 59.5 Å². The number of allylic oxidation sites excluding steroid dienone is 2. The molecular formula is C22H23FN4O4. The minimum atomic E-state index is -1.32. The average molecular weight is 426 g/mol. The number of likely N-dealkylation sites (N-methyl/N-ethyl adjacent to an activating group) is 1. The number of pyridine rings is 1. The molecule has 2 N–H and O–H groups in total. The normalized spacial score (nSPS) is 22.3. The van der Waals surface area contributed by atoms with Crippen LogP contribution in [0.25, 0.3) is 10.9 Å². The standard InChI is InChI=1S/C22H23FN4O4/c1-25-6-3-2-4-17(25)24-13-5-7-26(11-13)19-16(23)10-14-18-21(19)31-9-8-27(18)12-15(20(14)28)22(29)30/h2-4,6,10,12-13,17,24H,5,7-9,11H2,1H3,(H,29,30). The van der Waals surface area contributed by atoms with Crippen molar-refractivity contribution in [2.45, 2.75) is 25.2 Å². The molecule has 0 bridgehead atoms. The third kappa shape index (κ3) is 3.25. The minimum absolute atomic E-state index is 0.0328. The van der Waals surface area contributed by atoms with E-state index >= 15 is 4.39 Å². The van der Waals surface area contributed by atoms with E-state index in [2.05, 4.69) is 16.3 Å². The Morgan fingerprint density at radius 2 is 2.16 bits per heavy atom. The first kappa shape index (κ1) is 19.6. The van der Waals surface area contributed by atoms with E-state index in [9.17, 15) is 14.7 Å². The lowest BCUT2D eigenvalue weighted by molar-refractivity contribution is 0.0694. The fourth-order valence-electron chi connectivity index (χ4n) is 4.59. The topological polar surface area (TPSA) is 87.0 Å². The van der Waals surface area contributed by atoms with Crippen molar-refractivity contribution in [3.8, 4) is 5.75 Å². The van der Waals surface area contributed by atoms with Crippen LogP contribution in [0.3, 0.4) is 0 Å². The zero-order valence-electron chi connectivity index (χ0n) is 17.0. The molecule has 1 aromatic carbocycles. The summed E-state index contributed by atoms with van der Waals surface area (Å²) in [6, 6.07) is 1.31. The smallest absolute Gasteiger partial charge is 0.341 e. The number of aromatic carboxylic acids is 1. The van der Waals surface area contributed by atoms with Crippen LogP contribution in [0.5, 0.6) is 5.75 Å². The maximum Gasteiger partial charge on any atom is 0.341 e. The van der Waals surface area contributed by atoms with Gasteiger partial charge in [-0.25, -0.2) is 9.18 Å². The lowest BCUT2D eigenvalue weighted by Gasteiger charge is -2.31. The second-order valence-electron chi connectivity index (χ2n) is 8.09. The number of aromatic nitrogens is 1. The number of hydrogen-bond donors (Lipinski definition) is 2. The fourth-order valence-corrected chi connectivity index (χ4v) is 4.59. The molecule has 1 saturated heterocycles. The van der Waals surface area contributed by atoms with Gasteiger partial charge in [0.15, 0.2) is 11.6 Å². The summed E-state index contributed by atoms with van der Waals surface area (Å²) in [7, 11) is 2.00. The molecule has 1 fully saturated rings. The van der Waals surface area contributed by atoms with E-state index in [1.807, 2.05) is 30.3 Å². The summed E-state index contributed by atoms with van der Waals surface area (Å²) in [6.07, 6.45) is 10.3. The molecule has 2 unspecified atom stereocenters. The third-order valence-electron chi connectivity index (χ3n) is 6.13. The van der Waals surface area contributed by atoms with E-state index in [0.717, 1.165) is 12.5 Å². The van der Waals surface area contributed by atoms with Crippen molar-refractivity contribution in [2.24, 2.45) is 0 Å². The van der Waals surface area contributed by atoms with Crippen LogP contribution in [0.4, 0.5) is 10.1 Å². The maximum atomic E-state index is 15.3. The Hall–Kier alpha value is -3.33. The van der Waals surface area contributed by atoms with E-state index in [4.69, 9.17) is 4.74 Å². The van der Waals surface area contributed by atoms with Crippen LogP contribution in [0, 0.1) is 5.82 Å². The molecule has 0 saturated carbocycles. The summed E-state index contributed by atoms with van der Waals surface area (Å²) in [5.41, 5.74) is -0.275. The number of benzene rings is 1. The highest BCUT2D eigenvalue weighted by Gasteiger charge is 2.32. The highest BCUT2D eigenvalue weighted by atomic mass is 19.1. The Morgan fingerprint density at radius 1 is 1.32 bits per heavy atom. The molecule has 1 aromatic heterocycles. The van der Waals surface area contributed by atoms with Gasteiger partial charge in [-0.1, -0.05) is 6.08 Å². The molecule has 3 aliphatic rings. The predicted octanol–water partition coefficient (Wildman–Crippen LogP) is 1.74. The predicted molar refractivity (Wildman–Crippen MR) is 114 cm³/mol. The van der Waals surface area contributed by atoms with Crippen molar-refractivity contribution < 1.29 is 19.0 Å². The maximum absolute atomic E-state index is 15.3. The van der Waals surface area contributed by atoms with Crippen molar-refractivity contribution in [1.82, 2.24) is 14.8 Å². The van der Waals surface area contributed by atoms with Crippen LogP contribution in [0.15, 0.2) is 41.5 Å². The highest BCUT2D eigenvalue weighted by Crippen LogP contribution is 2.41. The van der Waals surface area contributed by atoms with E-state index in [-0.39, 0.29) is 29.8 Å². The van der Waals surface area contributed by atoms with E-state index in [0.29, 0.717) is 36.6 Å². The lowest BCUT2D eigenvalue weighted by atomic mass is 10.1. The van der Waals surface area contributed by atoms with E-state index < -0.39 is 17.2 Å². The van der Waals surface area contributed by atoms with Gasteiger partial charge in [0.2, 0.25) is 5.43 Å². The molecule has 31 heavy (non-hydrogen) atoms. The molecule has 0 amide bonds. The van der Waals surface area contributed by atoms with Gasteiger partial charge in [-0.05, 0) is 24.6 Å². The largest absolute Gasteiger partial charge is 0.487 e. The number of nitrogens with zero attached hydrogens (tertiary/aromatic N) is 3. The molecule has 0 spiro atoms. The molecule has 8 nitrogen and oxygen atoms in total. The highest BCUT2D eigenvalue weighted by molar-refractivity contribution is 5.97. The van der Waals surface area contributed by atoms with Crippen LogP contribution in [0.2, 0.25) is 0 Å². The summed E-state index contributed by atoms with van der Waals surface area (Å²) in [5.74, 6) is -1.58. The zero-order chi connectivity index (χ0) is 21.7. The number of anilines is 1. The Morgan fingerprint density at radius 3 is 2.94 bits per heavy atom. The number of ether oxygens (including phenoxy) is 1. The molecule has 9 heteroatoms. The van der Waals surface area contributed by atoms with E-state index in [1.54, 1.807) is 4.57 Å². The number of carbonyl (C=O) groups is 1. The minimum Gasteiger partial charge on any atom is -0.487 e. The van der Waals surface area contributed by atoms with Gasteiger partial charge in [0, 0.05) is 38.6 Å². The van der Waals surface area contributed by atoms with Crippen LogP contribution < -0.4 is 20.4 Å². The number of carboxylic acids is 1. The molecule has 0 aliphatic carbocycles. The van der Waals surface area contributed by atoms with Gasteiger partial charge in [0.25, 0.3) is 0 Å². The first-order valence-corrected chi connectivity index (χ1v) is 10.3. The summed E-state index contributed by atoms with van der Waals surface area (Å²) in [4.78, 5) is 28.1. The van der Waals surface area contributed by atoms with Gasteiger partial charge in [0.05, 0.1) is 23.6 Å². The number of nitrogens with one attached hydrogen (secondary N) is 1. The van der Waals surface area contributed by atoms with Gasteiger partial charge in [0.1, 0.15) is 17.9 Å². The second kappa shape index (κ2) is 7.42. The second-order valence-corrected chi connectivity index (χ2v) is 8.09. The molecule has 2 atom stereocenters. The molecule has 5 rings (SSSR count). The van der Waals surface area contributed by atoms with Crippen molar-refractivity contribution in [1.29, 1.82) is 0 Å². The first-order valence-electron chi connectivity index (χ1n) is 10.3. The zero-order valence-corrected chi connectivity index (χ0v) is 17.0. The first-order chi connectivity index (χ1) is 14.9. The molecule has 162 valence electrons. The van der Waals surface area contributed by atoms with Gasteiger partial charge in [-0.3, -0.25) is 10.1 Å². The molecule has 0 radical (unpaired) electrons. The molecule has 2 aromatic rings. The monoisotopic (exact) mass is 426 g/mol. The summed E-state index contributed by atoms with van der Waals surface area (Å²) < 4.78 is 22.8. The van der Waals surface area contributed by atoms with Gasteiger partial charge < -0.3 is 24.2 Å². The number of hydrogen-bond acceptors (Lipinski definition) is 6. The van der Waals surface area contributed by atoms with Crippen molar-refractivity contribution in [3.05, 3.63) is 58.3 Å². The summed E-state index contributed by atoms with van der Waals surface area (Å²) in [5, 5.41) is 13.0. The quantitative estimate of drug-likeness (QED) is 0.770. The van der Waals surface area contributed by atoms with Gasteiger partial charge in [-0.2, -0.15) is 0 Å². The Labute approximate surface area is 177 Å². The number of rotatable bonds is 4. The number of halogens is 1. The van der Waals surface area contributed by atoms with Crippen LogP contribution in [0.1, 0.15) is 16.8 Å². The summed E-state index contributed by atoms with van der Waals surface area (Å²) in [6.45, 7) is 1.91. The lowest BCUT2D eigenvalue weighted by Crippen LogP contribution is -2.46. The molecular weight excluding hydrogens is 403 g/mol. The Kier molecular flexibility index (Phi) is 4.70. The molecule has 3 aliphatic heterocycles. The third-order valence-corrected chi connectivity index (χ3v) is 6.13. The van der Waals surface area contributed by atoms with Crippen molar-refractivity contribution >= 4 is 22.6 Å². The van der Waals surface area contributed by atoms with Crippen molar-refractivity contribution in [2.75, 3.05) is 31.6 Å². The SMILES string of the molecule is CN1C=CC=CC1NC1CCN(c2c(F)cc3c(=O)c(C(=O)O)cn4c3c2OCC4)C1. The summed E-state index contributed by atoms with van der Waals surface area (Å²) >= 11 is 0. The van der Waals surface area contributed by atoms with Crippen LogP contribution >= 0.6 is 0 Å². The van der Waals surface area contributed by atoms with Gasteiger partial charge >= 0.3 is 5.97 Å². The van der Waals surface area contributed by atoms with Crippen molar-refractivity contribution in [3.63, 3.8) is 0 Å². The van der Waals surface area contributed by atoms with Crippen LogP contribution in [-0.2, 0) is 6.54 Å². The van der Waals surface area contributed by atoms with E-state index in [1.165, 1.54) is 6.20 Å². The average Bonchev–Trinajstić information content (AvgIpc) is 3.19. The Balaban J connectivity index is 1.51. The van der Waals surface area contributed by atoms with Gasteiger partial charge in [-0.15, -0.1) is 0 Å². The molecule has 4 heterocycles.